The Morgan fingerprint density at radius 1 is 0.902 bits per heavy atom. The van der Waals surface area contributed by atoms with Gasteiger partial charge in [-0.05, 0) is 73.4 Å². The van der Waals surface area contributed by atoms with E-state index in [0.29, 0.717) is 49.4 Å². The molecule has 1 saturated carbocycles. The molecule has 41 heavy (non-hydrogen) atoms. The molecule has 0 saturated heterocycles. The van der Waals surface area contributed by atoms with Gasteiger partial charge in [-0.3, -0.25) is 0 Å². The van der Waals surface area contributed by atoms with Crippen molar-refractivity contribution in [2.45, 2.75) is 51.6 Å². The number of nitrogens with one attached hydrogen (secondary N) is 1. The smallest absolute Gasteiger partial charge is 0.333 e. The van der Waals surface area contributed by atoms with Crippen molar-refractivity contribution in [2.75, 3.05) is 31.6 Å². The number of hydrogen-bond donors (Lipinski definition) is 2. The Bertz CT molecular complexity index is 1210. The van der Waals surface area contributed by atoms with Crippen molar-refractivity contribution in [3.63, 3.8) is 0 Å². The molecule has 3 aromatic rings. The second kappa shape index (κ2) is 15.7. The number of carboxylic acid groups (broad SMARTS) is 1. The van der Waals surface area contributed by atoms with Crippen LogP contribution in [0.1, 0.15) is 44.6 Å². The molecule has 1 unspecified atom stereocenters. The zero-order chi connectivity index (χ0) is 28.9. The molecule has 1 fully saturated rings. The quantitative estimate of drug-likeness (QED) is 0.208. The van der Waals surface area contributed by atoms with Crippen molar-refractivity contribution in [1.29, 1.82) is 0 Å². The third-order valence-corrected chi connectivity index (χ3v) is 7.27. The fourth-order valence-electron chi connectivity index (χ4n) is 5.01. The standard InChI is InChI=1S/C33H40N2O6/c1-2-39-31(32(36)37)24-26-12-16-28(17-13-26)40-23-22-35(21-20-25-8-6-7-9-25)33(38)34-27-14-18-30(19-15-27)41-29-10-4-3-5-11-29/h3-5,10-19,25,31H,2,6-9,20-24H2,1H3,(H,34,38)(H,36,37). The summed E-state index contributed by atoms with van der Waals surface area (Å²) < 4.78 is 17.1. The lowest BCUT2D eigenvalue weighted by Crippen LogP contribution is -2.39. The SMILES string of the molecule is CCOC(Cc1ccc(OCCN(CCC2CCCC2)C(=O)Nc2ccc(Oc3ccccc3)cc2)cc1)C(=O)O. The zero-order valence-electron chi connectivity index (χ0n) is 23.7. The number of nitrogens with zero attached hydrogens (tertiary/aromatic N) is 1. The molecule has 1 atom stereocenters. The van der Waals surface area contributed by atoms with E-state index in [9.17, 15) is 14.7 Å². The van der Waals surface area contributed by atoms with Gasteiger partial charge in [0.1, 0.15) is 23.9 Å². The average Bonchev–Trinajstić information content (AvgIpc) is 3.51. The molecule has 8 heteroatoms. The maximum Gasteiger partial charge on any atom is 0.333 e. The Kier molecular flexibility index (Phi) is 11.4. The molecule has 3 aromatic carbocycles. The second-order valence-electron chi connectivity index (χ2n) is 10.3. The maximum atomic E-state index is 13.3. The summed E-state index contributed by atoms with van der Waals surface area (Å²) in [6.45, 7) is 3.58. The molecule has 2 N–H and O–H groups in total. The highest BCUT2D eigenvalue weighted by Gasteiger charge is 2.20. The molecule has 0 heterocycles. The molecular formula is C33H40N2O6. The third kappa shape index (κ3) is 9.83. The summed E-state index contributed by atoms with van der Waals surface area (Å²) in [7, 11) is 0. The Morgan fingerprint density at radius 3 is 2.22 bits per heavy atom. The predicted octanol–water partition coefficient (Wildman–Crippen LogP) is 7.00. The molecule has 1 aliphatic rings. The van der Waals surface area contributed by atoms with Crippen LogP contribution in [-0.4, -0.2) is 54.4 Å². The minimum atomic E-state index is -0.973. The van der Waals surface area contributed by atoms with E-state index < -0.39 is 12.1 Å². The van der Waals surface area contributed by atoms with Gasteiger partial charge in [-0.15, -0.1) is 0 Å². The monoisotopic (exact) mass is 560 g/mol. The highest BCUT2D eigenvalue weighted by Crippen LogP contribution is 2.28. The lowest BCUT2D eigenvalue weighted by atomic mass is 10.0. The van der Waals surface area contributed by atoms with Gasteiger partial charge in [0.2, 0.25) is 0 Å². The third-order valence-electron chi connectivity index (χ3n) is 7.27. The Balaban J connectivity index is 1.30. The summed E-state index contributed by atoms with van der Waals surface area (Å²) in [5, 5.41) is 12.3. The van der Waals surface area contributed by atoms with Gasteiger partial charge in [-0.2, -0.15) is 0 Å². The lowest BCUT2D eigenvalue weighted by Gasteiger charge is -2.25. The predicted molar refractivity (Wildman–Crippen MR) is 159 cm³/mol. The number of aliphatic carboxylic acids is 1. The summed E-state index contributed by atoms with van der Waals surface area (Å²) in [6, 6.07) is 24.1. The highest BCUT2D eigenvalue weighted by atomic mass is 16.5. The summed E-state index contributed by atoms with van der Waals surface area (Å²) >= 11 is 0. The number of carbonyl (C=O) groups excluding carboxylic acids is 1. The first-order chi connectivity index (χ1) is 20.0. The van der Waals surface area contributed by atoms with Gasteiger partial charge in [0.05, 0.1) is 6.54 Å². The van der Waals surface area contributed by atoms with Crippen LogP contribution in [0.4, 0.5) is 10.5 Å². The summed E-state index contributed by atoms with van der Waals surface area (Å²) in [5.41, 5.74) is 1.56. The number of anilines is 1. The molecular weight excluding hydrogens is 520 g/mol. The van der Waals surface area contributed by atoms with E-state index in [1.807, 2.05) is 83.8 Å². The van der Waals surface area contributed by atoms with Crippen LogP contribution < -0.4 is 14.8 Å². The van der Waals surface area contributed by atoms with Crippen LogP contribution in [0.3, 0.4) is 0 Å². The van der Waals surface area contributed by atoms with Crippen LogP contribution in [0.5, 0.6) is 17.2 Å². The van der Waals surface area contributed by atoms with Crippen molar-refractivity contribution in [3.05, 3.63) is 84.4 Å². The minimum absolute atomic E-state index is 0.158. The number of carbonyl (C=O) groups is 2. The van der Waals surface area contributed by atoms with Gasteiger partial charge in [0.25, 0.3) is 0 Å². The zero-order valence-corrected chi connectivity index (χ0v) is 23.7. The van der Waals surface area contributed by atoms with E-state index in [0.717, 1.165) is 17.7 Å². The Labute approximate surface area is 242 Å². The van der Waals surface area contributed by atoms with Crippen molar-refractivity contribution in [1.82, 2.24) is 4.90 Å². The molecule has 218 valence electrons. The molecule has 2 amide bonds. The number of amides is 2. The fraction of sp³-hybridized carbons (Fsp3) is 0.394. The molecule has 0 aliphatic heterocycles. The van der Waals surface area contributed by atoms with Gasteiger partial charge >= 0.3 is 12.0 Å². The van der Waals surface area contributed by atoms with Gasteiger partial charge in [0.15, 0.2) is 6.10 Å². The largest absolute Gasteiger partial charge is 0.492 e. The van der Waals surface area contributed by atoms with Crippen molar-refractivity contribution in [2.24, 2.45) is 5.92 Å². The molecule has 0 aromatic heterocycles. The molecule has 1 aliphatic carbocycles. The van der Waals surface area contributed by atoms with Gasteiger partial charge in [0, 0.05) is 25.3 Å². The second-order valence-corrected chi connectivity index (χ2v) is 10.3. The number of hydrogen-bond acceptors (Lipinski definition) is 5. The first-order valence-electron chi connectivity index (χ1n) is 14.4. The maximum absolute atomic E-state index is 13.3. The van der Waals surface area contributed by atoms with Crippen LogP contribution in [0, 0.1) is 5.92 Å². The number of carboxylic acids is 1. The van der Waals surface area contributed by atoms with Crippen molar-refractivity contribution < 1.29 is 28.9 Å². The van der Waals surface area contributed by atoms with Gasteiger partial charge in [-0.25, -0.2) is 9.59 Å². The number of urea groups is 1. The van der Waals surface area contributed by atoms with E-state index in [1.165, 1.54) is 25.7 Å². The topological polar surface area (TPSA) is 97.3 Å². The van der Waals surface area contributed by atoms with Crippen molar-refractivity contribution >= 4 is 17.7 Å². The van der Waals surface area contributed by atoms with E-state index >= 15 is 0 Å². The van der Waals surface area contributed by atoms with Gasteiger partial charge in [-0.1, -0.05) is 56.0 Å². The molecule has 0 radical (unpaired) electrons. The summed E-state index contributed by atoms with van der Waals surface area (Å²) in [6.07, 6.45) is 5.40. The average molecular weight is 561 g/mol. The van der Waals surface area contributed by atoms with E-state index in [-0.39, 0.29) is 12.5 Å². The van der Waals surface area contributed by atoms with Gasteiger partial charge < -0.3 is 29.5 Å². The number of ether oxygens (including phenoxy) is 3. The minimum Gasteiger partial charge on any atom is -0.492 e. The molecule has 0 spiro atoms. The first kappa shape index (κ1) is 29.9. The molecule has 4 rings (SSSR count). The highest BCUT2D eigenvalue weighted by molar-refractivity contribution is 5.89. The van der Waals surface area contributed by atoms with Crippen LogP contribution in [0.2, 0.25) is 0 Å². The molecule has 0 bridgehead atoms. The normalized spacial score (nSPS) is 13.9. The van der Waals surface area contributed by atoms with Crippen LogP contribution in [-0.2, 0) is 16.0 Å². The van der Waals surface area contributed by atoms with E-state index in [4.69, 9.17) is 14.2 Å². The first-order valence-corrected chi connectivity index (χ1v) is 14.4. The van der Waals surface area contributed by atoms with Crippen LogP contribution in [0.25, 0.3) is 0 Å². The van der Waals surface area contributed by atoms with E-state index in [1.54, 1.807) is 6.92 Å². The number of rotatable bonds is 15. The number of para-hydroxylation sites is 1. The fourth-order valence-corrected chi connectivity index (χ4v) is 5.01. The van der Waals surface area contributed by atoms with Crippen LogP contribution in [0.15, 0.2) is 78.9 Å². The summed E-state index contributed by atoms with van der Waals surface area (Å²) in [4.78, 5) is 26.4. The molecule has 8 nitrogen and oxygen atoms in total. The number of benzene rings is 3. The summed E-state index contributed by atoms with van der Waals surface area (Å²) in [5.74, 6) is 1.82. The van der Waals surface area contributed by atoms with E-state index in [2.05, 4.69) is 5.32 Å². The Hall–Kier alpha value is -4.04. The lowest BCUT2D eigenvalue weighted by molar-refractivity contribution is -0.149. The van der Waals surface area contributed by atoms with Crippen molar-refractivity contribution in [3.8, 4) is 17.2 Å². The van der Waals surface area contributed by atoms with Crippen LogP contribution >= 0.6 is 0 Å². The Morgan fingerprint density at radius 2 is 1.56 bits per heavy atom.